The molecule has 2 aromatic carbocycles. The average Bonchev–Trinajstić information content (AvgIpc) is 3.18. The molecule has 0 spiro atoms. The van der Waals surface area contributed by atoms with Gasteiger partial charge in [0.15, 0.2) is 5.82 Å². The summed E-state index contributed by atoms with van der Waals surface area (Å²) < 4.78 is 5.32. The minimum Gasteiger partial charge on any atom is -0.398 e. The van der Waals surface area contributed by atoms with Crippen LogP contribution in [-0.4, -0.2) is 10.1 Å². The summed E-state index contributed by atoms with van der Waals surface area (Å²) in [6.45, 7) is 4.06. The monoisotopic (exact) mass is 345 g/mol. The molecule has 4 heteroatoms. The van der Waals surface area contributed by atoms with E-state index in [1.807, 2.05) is 6.92 Å². The first kappa shape index (κ1) is 15.6. The lowest BCUT2D eigenvalue weighted by molar-refractivity contribution is 0.366. The third-order valence-electron chi connectivity index (χ3n) is 6.04. The van der Waals surface area contributed by atoms with Crippen LogP contribution in [0.15, 0.2) is 40.9 Å². The van der Waals surface area contributed by atoms with Gasteiger partial charge in [0.25, 0.3) is 0 Å². The van der Waals surface area contributed by atoms with Crippen molar-refractivity contribution in [1.82, 2.24) is 10.1 Å². The predicted molar refractivity (Wildman–Crippen MR) is 102 cm³/mol. The summed E-state index contributed by atoms with van der Waals surface area (Å²) in [7, 11) is 0. The minimum atomic E-state index is -0.313. The zero-order valence-corrected chi connectivity index (χ0v) is 15.2. The highest BCUT2D eigenvalue weighted by Crippen LogP contribution is 2.49. The Morgan fingerprint density at radius 2 is 1.96 bits per heavy atom. The maximum atomic E-state index is 6.75. The van der Waals surface area contributed by atoms with Crippen LogP contribution < -0.4 is 5.73 Å². The fourth-order valence-corrected chi connectivity index (χ4v) is 4.46. The molecule has 132 valence electrons. The largest absolute Gasteiger partial charge is 0.398 e. The Bertz CT molecular complexity index is 1000. The van der Waals surface area contributed by atoms with Crippen molar-refractivity contribution in [1.29, 1.82) is 0 Å². The molecule has 2 aliphatic carbocycles. The van der Waals surface area contributed by atoms with E-state index >= 15 is 0 Å². The van der Waals surface area contributed by atoms with E-state index in [0.717, 1.165) is 35.8 Å². The summed E-state index contributed by atoms with van der Waals surface area (Å²) in [5, 5.41) is 4.28. The molecule has 1 aromatic heterocycles. The van der Waals surface area contributed by atoms with Crippen molar-refractivity contribution in [3.05, 3.63) is 64.8 Å². The van der Waals surface area contributed by atoms with Crippen molar-refractivity contribution in [2.75, 3.05) is 5.73 Å². The van der Waals surface area contributed by atoms with Crippen LogP contribution in [0.4, 0.5) is 5.69 Å². The number of hydrogen-bond donors (Lipinski definition) is 1. The second kappa shape index (κ2) is 5.44. The van der Waals surface area contributed by atoms with Crippen LogP contribution in [0.3, 0.4) is 0 Å². The van der Waals surface area contributed by atoms with Gasteiger partial charge in [-0.2, -0.15) is 4.98 Å². The number of nitrogens with zero attached hydrogens (tertiary/aromatic N) is 2. The Labute approximate surface area is 153 Å². The van der Waals surface area contributed by atoms with Crippen molar-refractivity contribution < 1.29 is 4.52 Å². The summed E-state index contributed by atoms with van der Waals surface area (Å²) in [5.74, 6) is 2.09. The van der Waals surface area contributed by atoms with Crippen LogP contribution in [0.2, 0.25) is 0 Å². The lowest BCUT2D eigenvalue weighted by Gasteiger charge is -2.29. The highest BCUT2D eigenvalue weighted by Gasteiger charge is 2.41. The van der Waals surface area contributed by atoms with E-state index in [1.54, 1.807) is 0 Å². The van der Waals surface area contributed by atoms with Crippen molar-refractivity contribution in [3.8, 4) is 11.1 Å². The van der Waals surface area contributed by atoms with Crippen molar-refractivity contribution >= 4 is 5.69 Å². The molecule has 1 fully saturated rings. The number of hydrogen-bond acceptors (Lipinski definition) is 4. The molecule has 1 atom stereocenters. The molecule has 26 heavy (non-hydrogen) atoms. The third kappa shape index (κ3) is 2.28. The molecule has 2 N–H and O–H groups in total. The molecule has 0 aliphatic heterocycles. The number of fused-ring (bicyclic) bond motifs is 3. The number of aryl methyl sites for hydroxylation is 1. The zero-order chi connectivity index (χ0) is 17.9. The standard InChI is InChI=1S/C22H23N3O/c1-13-24-21(25-26-13)22(2,12-14-7-8-14)19-10-9-17-16-6-4-3-5-15(16)11-18(17)20(19)23/h3-6,9-10,14H,7-8,11-12,23H2,1-2H3/t22-/m1/s1. The molecule has 0 saturated heterocycles. The molecule has 1 heterocycles. The quantitative estimate of drug-likeness (QED) is 0.547. The molecule has 0 bridgehead atoms. The Balaban J connectivity index is 1.65. The van der Waals surface area contributed by atoms with Gasteiger partial charge in [0.05, 0.1) is 5.41 Å². The van der Waals surface area contributed by atoms with Crippen LogP contribution >= 0.6 is 0 Å². The van der Waals surface area contributed by atoms with Gasteiger partial charge in [-0.15, -0.1) is 0 Å². The van der Waals surface area contributed by atoms with E-state index in [-0.39, 0.29) is 5.41 Å². The molecule has 3 aromatic rings. The highest BCUT2D eigenvalue weighted by molar-refractivity contribution is 5.83. The van der Waals surface area contributed by atoms with Gasteiger partial charge in [0.2, 0.25) is 5.89 Å². The Morgan fingerprint density at radius 3 is 2.69 bits per heavy atom. The lowest BCUT2D eigenvalue weighted by atomic mass is 9.75. The first-order valence-electron chi connectivity index (χ1n) is 9.37. The van der Waals surface area contributed by atoms with Crippen molar-refractivity contribution in [2.45, 2.75) is 44.9 Å². The van der Waals surface area contributed by atoms with E-state index in [2.05, 4.69) is 53.5 Å². The van der Waals surface area contributed by atoms with E-state index in [9.17, 15) is 0 Å². The van der Waals surface area contributed by atoms with Gasteiger partial charge in [0, 0.05) is 19.0 Å². The lowest BCUT2D eigenvalue weighted by Crippen LogP contribution is -2.28. The molecular formula is C22H23N3O. The molecule has 0 amide bonds. The molecular weight excluding hydrogens is 322 g/mol. The molecule has 5 rings (SSSR count). The van der Waals surface area contributed by atoms with E-state index in [0.29, 0.717) is 5.89 Å². The molecule has 0 radical (unpaired) electrons. The van der Waals surface area contributed by atoms with Crippen LogP contribution in [0, 0.1) is 12.8 Å². The fourth-order valence-electron chi connectivity index (χ4n) is 4.46. The number of anilines is 1. The van der Waals surface area contributed by atoms with Gasteiger partial charge in [-0.05, 0) is 47.1 Å². The first-order valence-corrected chi connectivity index (χ1v) is 9.37. The molecule has 1 saturated carbocycles. The summed E-state index contributed by atoms with van der Waals surface area (Å²) in [4.78, 5) is 4.58. The topological polar surface area (TPSA) is 64.9 Å². The Kier molecular flexibility index (Phi) is 3.27. The van der Waals surface area contributed by atoms with Gasteiger partial charge in [-0.25, -0.2) is 0 Å². The van der Waals surface area contributed by atoms with Crippen LogP contribution in [-0.2, 0) is 11.8 Å². The summed E-state index contributed by atoms with van der Waals surface area (Å²) >= 11 is 0. The van der Waals surface area contributed by atoms with Crippen LogP contribution in [0.5, 0.6) is 0 Å². The smallest absolute Gasteiger partial charge is 0.223 e. The fraction of sp³-hybridized carbons (Fsp3) is 0.364. The molecule has 0 unspecified atom stereocenters. The highest BCUT2D eigenvalue weighted by atomic mass is 16.5. The van der Waals surface area contributed by atoms with Gasteiger partial charge < -0.3 is 10.3 Å². The number of rotatable bonds is 4. The molecule has 4 nitrogen and oxygen atoms in total. The second-order valence-electron chi connectivity index (χ2n) is 8.00. The minimum absolute atomic E-state index is 0.313. The molecule has 2 aliphatic rings. The Morgan fingerprint density at radius 1 is 1.15 bits per heavy atom. The van der Waals surface area contributed by atoms with E-state index in [1.165, 1.54) is 35.1 Å². The van der Waals surface area contributed by atoms with Gasteiger partial charge in [-0.1, -0.05) is 54.4 Å². The maximum absolute atomic E-state index is 6.75. The zero-order valence-electron chi connectivity index (χ0n) is 15.2. The van der Waals surface area contributed by atoms with Crippen LogP contribution in [0.1, 0.15) is 54.6 Å². The number of aromatic nitrogens is 2. The SMILES string of the molecule is Cc1nc([C@](C)(CC2CC2)c2ccc3c(c2N)Cc2ccccc2-3)no1. The predicted octanol–water partition coefficient (Wildman–Crippen LogP) is 4.64. The van der Waals surface area contributed by atoms with Crippen molar-refractivity contribution in [3.63, 3.8) is 0 Å². The van der Waals surface area contributed by atoms with Gasteiger partial charge >= 0.3 is 0 Å². The number of nitrogen functional groups attached to an aromatic ring is 1. The van der Waals surface area contributed by atoms with E-state index in [4.69, 9.17) is 10.3 Å². The van der Waals surface area contributed by atoms with E-state index < -0.39 is 0 Å². The average molecular weight is 345 g/mol. The number of nitrogens with two attached hydrogens (primary N) is 1. The Hall–Kier alpha value is -2.62. The summed E-state index contributed by atoms with van der Waals surface area (Å²) in [5.41, 5.74) is 13.6. The van der Waals surface area contributed by atoms with Gasteiger partial charge in [-0.3, -0.25) is 0 Å². The second-order valence-corrected chi connectivity index (χ2v) is 8.00. The van der Waals surface area contributed by atoms with Gasteiger partial charge in [0.1, 0.15) is 0 Å². The maximum Gasteiger partial charge on any atom is 0.223 e. The number of benzene rings is 2. The summed E-state index contributed by atoms with van der Waals surface area (Å²) in [6, 6.07) is 13.0. The first-order chi connectivity index (χ1) is 12.6. The third-order valence-corrected chi connectivity index (χ3v) is 6.04. The van der Waals surface area contributed by atoms with Crippen LogP contribution in [0.25, 0.3) is 11.1 Å². The summed E-state index contributed by atoms with van der Waals surface area (Å²) in [6.07, 6.45) is 4.48. The van der Waals surface area contributed by atoms with Crippen molar-refractivity contribution in [2.24, 2.45) is 5.92 Å². The normalized spacial score (nSPS) is 17.6.